The molecule has 23 heavy (non-hydrogen) atoms. The van der Waals surface area contributed by atoms with E-state index < -0.39 is 0 Å². The lowest BCUT2D eigenvalue weighted by molar-refractivity contribution is -0.131. The van der Waals surface area contributed by atoms with Crippen molar-refractivity contribution < 1.29 is 4.79 Å². The van der Waals surface area contributed by atoms with E-state index in [4.69, 9.17) is 0 Å². The van der Waals surface area contributed by atoms with Gasteiger partial charge in [-0.2, -0.15) is 5.10 Å². The van der Waals surface area contributed by atoms with E-state index in [0.29, 0.717) is 18.4 Å². The Kier molecular flexibility index (Phi) is 7.55. The Morgan fingerprint density at radius 1 is 1.43 bits per heavy atom. The maximum Gasteiger partial charge on any atom is 0.222 e. The van der Waals surface area contributed by atoms with Crippen molar-refractivity contribution in [2.45, 2.75) is 59.5 Å². The molecule has 1 atom stereocenters. The van der Waals surface area contributed by atoms with Gasteiger partial charge in [-0.1, -0.05) is 13.8 Å². The predicted octanol–water partition coefficient (Wildman–Crippen LogP) is 2.33. The Balaban J connectivity index is 0.00000264. The second-order valence-electron chi connectivity index (χ2n) is 6.88. The third kappa shape index (κ3) is 4.95. The van der Waals surface area contributed by atoms with Crippen molar-refractivity contribution >= 4 is 18.3 Å². The summed E-state index contributed by atoms with van der Waals surface area (Å²) in [5.74, 6) is 0.817. The topological polar surface area (TPSA) is 50.2 Å². The zero-order valence-corrected chi connectivity index (χ0v) is 15.9. The maximum absolute atomic E-state index is 12.4. The molecule has 1 aromatic rings. The number of nitrogens with one attached hydrogen (secondary N) is 1. The second-order valence-corrected chi connectivity index (χ2v) is 6.88. The first-order chi connectivity index (χ1) is 10.4. The van der Waals surface area contributed by atoms with E-state index >= 15 is 0 Å². The first-order valence-electron chi connectivity index (χ1n) is 8.39. The maximum atomic E-state index is 12.4. The molecule has 1 fully saturated rings. The first kappa shape index (κ1) is 20.0. The van der Waals surface area contributed by atoms with Crippen LogP contribution >= 0.6 is 12.4 Å². The normalized spacial score (nSPS) is 17.4. The molecule has 0 aromatic carbocycles. The van der Waals surface area contributed by atoms with Crippen LogP contribution in [0.25, 0.3) is 0 Å². The lowest BCUT2D eigenvalue weighted by Crippen LogP contribution is -2.38. The monoisotopic (exact) mass is 342 g/mol. The fourth-order valence-corrected chi connectivity index (χ4v) is 3.20. The quantitative estimate of drug-likeness (QED) is 0.863. The van der Waals surface area contributed by atoms with Crippen LogP contribution in [0.4, 0.5) is 0 Å². The predicted molar refractivity (Wildman–Crippen MR) is 96.2 cm³/mol. The average molecular weight is 343 g/mol. The lowest BCUT2D eigenvalue weighted by Gasteiger charge is -2.23. The van der Waals surface area contributed by atoms with Gasteiger partial charge < -0.3 is 10.2 Å². The summed E-state index contributed by atoms with van der Waals surface area (Å²) < 4.78 is 2.09. The van der Waals surface area contributed by atoms with Gasteiger partial charge in [-0.05, 0) is 44.7 Å². The van der Waals surface area contributed by atoms with Gasteiger partial charge in [0.15, 0.2) is 0 Å². The molecule has 0 saturated carbocycles. The smallest absolute Gasteiger partial charge is 0.222 e. The van der Waals surface area contributed by atoms with Crippen LogP contribution < -0.4 is 5.32 Å². The van der Waals surface area contributed by atoms with E-state index in [0.717, 1.165) is 38.2 Å². The molecule has 1 unspecified atom stereocenters. The van der Waals surface area contributed by atoms with E-state index in [1.165, 1.54) is 11.3 Å². The van der Waals surface area contributed by atoms with Crippen molar-refractivity contribution in [3.05, 3.63) is 17.0 Å². The molecule has 1 N–H and O–H groups in total. The van der Waals surface area contributed by atoms with Crippen LogP contribution in [0.5, 0.6) is 0 Å². The van der Waals surface area contributed by atoms with E-state index in [1.54, 1.807) is 0 Å². The van der Waals surface area contributed by atoms with Crippen LogP contribution in [0.1, 0.15) is 43.6 Å². The van der Waals surface area contributed by atoms with E-state index in [-0.39, 0.29) is 18.3 Å². The van der Waals surface area contributed by atoms with E-state index in [1.807, 2.05) is 18.9 Å². The van der Waals surface area contributed by atoms with Gasteiger partial charge >= 0.3 is 0 Å². The van der Waals surface area contributed by atoms with Crippen molar-refractivity contribution in [1.82, 2.24) is 20.0 Å². The molecule has 1 aliphatic rings. The molecule has 5 nitrogen and oxygen atoms in total. The first-order valence-corrected chi connectivity index (χ1v) is 8.39. The third-order valence-corrected chi connectivity index (χ3v) is 4.63. The van der Waals surface area contributed by atoms with Gasteiger partial charge in [-0.15, -0.1) is 12.4 Å². The molecular formula is C17H31ClN4O. The number of nitrogens with zero attached hydrogens (tertiary/aromatic N) is 3. The molecule has 2 rings (SSSR count). The third-order valence-electron chi connectivity index (χ3n) is 4.63. The number of likely N-dealkylation sites (N-methyl/N-ethyl adjacent to an activating group) is 1. The highest BCUT2D eigenvalue weighted by molar-refractivity contribution is 5.85. The zero-order chi connectivity index (χ0) is 16.3. The Morgan fingerprint density at radius 3 is 2.70 bits per heavy atom. The van der Waals surface area contributed by atoms with Crippen LogP contribution in [-0.4, -0.2) is 46.8 Å². The second kappa shape index (κ2) is 8.69. The highest BCUT2D eigenvalue weighted by atomic mass is 35.5. The van der Waals surface area contributed by atoms with E-state index in [2.05, 4.69) is 35.9 Å². The molecule has 0 radical (unpaired) electrons. The highest BCUT2D eigenvalue weighted by Crippen LogP contribution is 2.17. The van der Waals surface area contributed by atoms with Crippen molar-refractivity contribution in [2.75, 3.05) is 20.1 Å². The van der Waals surface area contributed by atoms with Crippen LogP contribution in [0.15, 0.2) is 0 Å². The largest absolute Gasteiger partial charge is 0.341 e. The summed E-state index contributed by atoms with van der Waals surface area (Å²) in [6, 6.07) is 0.360. The van der Waals surface area contributed by atoms with Gasteiger partial charge in [0.2, 0.25) is 5.91 Å². The number of aromatic nitrogens is 2. The van der Waals surface area contributed by atoms with Crippen molar-refractivity contribution in [3.63, 3.8) is 0 Å². The summed E-state index contributed by atoms with van der Waals surface area (Å²) >= 11 is 0. The van der Waals surface area contributed by atoms with Crippen LogP contribution in [-0.2, 0) is 17.8 Å². The van der Waals surface area contributed by atoms with Gasteiger partial charge in [-0.25, -0.2) is 0 Å². The Labute approximate surface area is 146 Å². The number of hydrogen-bond donors (Lipinski definition) is 1. The Morgan fingerprint density at radius 2 is 2.13 bits per heavy atom. The van der Waals surface area contributed by atoms with Gasteiger partial charge in [0.25, 0.3) is 0 Å². The molecule has 0 bridgehead atoms. The summed E-state index contributed by atoms with van der Waals surface area (Å²) in [5.41, 5.74) is 3.52. The molecule has 0 aliphatic carbocycles. The zero-order valence-electron chi connectivity index (χ0n) is 15.1. The number of aryl methyl sites for hydroxylation is 1. The van der Waals surface area contributed by atoms with Gasteiger partial charge in [0.1, 0.15) is 0 Å². The highest BCUT2D eigenvalue weighted by Gasteiger charge is 2.23. The molecule has 1 saturated heterocycles. The van der Waals surface area contributed by atoms with Crippen LogP contribution in [0, 0.1) is 19.8 Å². The summed E-state index contributed by atoms with van der Waals surface area (Å²) in [4.78, 5) is 14.3. The van der Waals surface area contributed by atoms with Crippen molar-refractivity contribution in [1.29, 1.82) is 0 Å². The van der Waals surface area contributed by atoms with Crippen LogP contribution in [0.2, 0.25) is 0 Å². The fourth-order valence-electron chi connectivity index (χ4n) is 3.20. The van der Waals surface area contributed by atoms with Crippen molar-refractivity contribution in [3.8, 4) is 0 Å². The molecule has 1 amide bonds. The van der Waals surface area contributed by atoms with Gasteiger partial charge in [-0.3, -0.25) is 9.48 Å². The summed E-state index contributed by atoms with van der Waals surface area (Å²) in [6.07, 6.45) is 2.42. The minimum absolute atomic E-state index is 0. The molecule has 1 aliphatic heterocycles. The molecule has 6 heteroatoms. The Hall–Kier alpha value is -1.07. The molecule has 1 aromatic heterocycles. The number of carbonyl (C=O) groups is 1. The van der Waals surface area contributed by atoms with E-state index in [9.17, 15) is 4.79 Å². The number of rotatable bonds is 6. The summed E-state index contributed by atoms with van der Waals surface area (Å²) in [7, 11) is 1.93. The summed E-state index contributed by atoms with van der Waals surface area (Å²) in [6.45, 7) is 11.4. The Bertz CT molecular complexity index is 521. The van der Waals surface area contributed by atoms with Crippen molar-refractivity contribution in [2.24, 2.45) is 5.92 Å². The summed E-state index contributed by atoms with van der Waals surface area (Å²) in [5, 5.41) is 7.95. The molecule has 0 spiro atoms. The molecule has 2 heterocycles. The molecule has 132 valence electrons. The number of hydrogen-bond acceptors (Lipinski definition) is 3. The fraction of sp³-hybridized carbons (Fsp3) is 0.765. The standard InChI is InChI=1S/C17H30N4O.ClH/c1-12(2)11-21-14(4)16(13(3)19-21)6-7-17(22)20(5)15-8-9-18-10-15;/h12,15,18H,6-11H2,1-5H3;1H. The van der Waals surface area contributed by atoms with Crippen LogP contribution in [0.3, 0.4) is 0 Å². The SMILES string of the molecule is Cc1nn(CC(C)C)c(C)c1CCC(=O)N(C)C1CCNC1.Cl. The lowest BCUT2D eigenvalue weighted by atomic mass is 10.1. The number of halogens is 1. The minimum Gasteiger partial charge on any atom is -0.341 e. The number of amides is 1. The number of carbonyl (C=O) groups excluding carboxylic acids is 1. The minimum atomic E-state index is 0. The average Bonchev–Trinajstić information content (AvgIpc) is 3.06. The van der Waals surface area contributed by atoms with Gasteiger partial charge in [0.05, 0.1) is 5.69 Å². The van der Waals surface area contributed by atoms with Gasteiger partial charge in [0, 0.05) is 38.3 Å². The molecular weight excluding hydrogens is 312 g/mol.